The summed E-state index contributed by atoms with van der Waals surface area (Å²) in [7, 11) is 0. The van der Waals surface area contributed by atoms with Gasteiger partial charge in [0.1, 0.15) is 0 Å². The van der Waals surface area contributed by atoms with Crippen molar-refractivity contribution in [2.45, 2.75) is 19.8 Å². The van der Waals surface area contributed by atoms with E-state index in [0.29, 0.717) is 0 Å². The molecule has 3 aromatic rings. The number of nitrogens with zero attached hydrogens (tertiary/aromatic N) is 2. The third-order valence-corrected chi connectivity index (χ3v) is 4.09. The van der Waals surface area contributed by atoms with E-state index in [1.54, 1.807) is 11.3 Å². The Morgan fingerprint density at radius 2 is 1.90 bits per heavy atom. The summed E-state index contributed by atoms with van der Waals surface area (Å²) in [6.07, 6.45) is 5.76. The fourth-order valence-electron chi connectivity index (χ4n) is 2.60. The second-order valence-electron chi connectivity index (χ2n) is 4.92. The summed E-state index contributed by atoms with van der Waals surface area (Å²) in [5, 5.41) is 2.05. The number of hydrogen-bond donors (Lipinski definition) is 1. The van der Waals surface area contributed by atoms with Crippen LogP contribution in [0.4, 0.5) is 5.69 Å². The summed E-state index contributed by atoms with van der Waals surface area (Å²) in [4.78, 5) is 8.57. The molecule has 0 aliphatic carbocycles. The van der Waals surface area contributed by atoms with Crippen LogP contribution in [0.25, 0.3) is 22.4 Å². The molecule has 106 valence electrons. The van der Waals surface area contributed by atoms with Gasteiger partial charge in [-0.05, 0) is 41.3 Å². The number of nitrogen functional groups attached to an aromatic ring is 1. The van der Waals surface area contributed by atoms with Gasteiger partial charge in [-0.3, -0.25) is 4.98 Å². The average Bonchev–Trinajstić information content (AvgIpc) is 3.04. The third-order valence-electron chi connectivity index (χ3n) is 3.50. The van der Waals surface area contributed by atoms with Crippen molar-refractivity contribution < 1.29 is 0 Å². The van der Waals surface area contributed by atoms with Gasteiger partial charge in [0.15, 0.2) is 0 Å². The van der Waals surface area contributed by atoms with E-state index in [9.17, 15) is 0 Å². The SMILES string of the molecule is CCCc1ccc(N)c(-c2cscn2)c1-c1ccncc1. The molecule has 2 heterocycles. The molecule has 0 aliphatic rings. The highest BCUT2D eigenvalue weighted by molar-refractivity contribution is 7.07. The second-order valence-corrected chi connectivity index (χ2v) is 5.64. The maximum atomic E-state index is 6.26. The summed E-state index contributed by atoms with van der Waals surface area (Å²) in [5.41, 5.74) is 14.5. The van der Waals surface area contributed by atoms with Crippen molar-refractivity contribution in [2.24, 2.45) is 0 Å². The van der Waals surface area contributed by atoms with E-state index in [0.717, 1.165) is 35.3 Å². The van der Waals surface area contributed by atoms with Crippen LogP contribution >= 0.6 is 11.3 Å². The Bertz CT molecular complexity index is 721. The summed E-state index contributed by atoms with van der Waals surface area (Å²) in [5.74, 6) is 0. The molecule has 0 aliphatic heterocycles. The van der Waals surface area contributed by atoms with Gasteiger partial charge in [0.05, 0.1) is 11.2 Å². The molecule has 2 N–H and O–H groups in total. The number of thiazole rings is 1. The van der Waals surface area contributed by atoms with Crippen LogP contribution in [0.15, 0.2) is 47.5 Å². The second kappa shape index (κ2) is 6.06. The molecule has 0 saturated carbocycles. The topological polar surface area (TPSA) is 51.8 Å². The normalized spacial score (nSPS) is 10.7. The number of rotatable bonds is 4. The molecule has 4 heteroatoms. The molecule has 1 aromatic carbocycles. The first-order valence-electron chi connectivity index (χ1n) is 7.01. The zero-order chi connectivity index (χ0) is 14.7. The molecule has 0 bridgehead atoms. The van der Waals surface area contributed by atoms with Gasteiger partial charge in [0.25, 0.3) is 0 Å². The molecule has 0 fully saturated rings. The molecule has 0 amide bonds. The van der Waals surface area contributed by atoms with E-state index < -0.39 is 0 Å². The fourth-order valence-corrected chi connectivity index (χ4v) is 3.14. The molecule has 0 radical (unpaired) electrons. The molecular formula is C17H17N3S. The lowest BCUT2D eigenvalue weighted by atomic mass is 9.90. The van der Waals surface area contributed by atoms with Gasteiger partial charge >= 0.3 is 0 Å². The monoisotopic (exact) mass is 295 g/mol. The Hall–Kier alpha value is -2.20. The predicted octanol–water partition coefficient (Wildman–Crippen LogP) is 4.41. The molecule has 3 rings (SSSR count). The molecule has 2 aromatic heterocycles. The summed E-state index contributed by atoms with van der Waals surface area (Å²) < 4.78 is 0. The lowest BCUT2D eigenvalue weighted by molar-refractivity contribution is 0.924. The Labute approximate surface area is 128 Å². The van der Waals surface area contributed by atoms with Crippen LogP contribution in [-0.2, 0) is 6.42 Å². The van der Waals surface area contributed by atoms with Crippen LogP contribution in [0, 0.1) is 0 Å². The zero-order valence-electron chi connectivity index (χ0n) is 11.9. The number of benzene rings is 1. The Morgan fingerprint density at radius 1 is 1.10 bits per heavy atom. The Morgan fingerprint density at radius 3 is 2.57 bits per heavy atom. The number of anilines is 1. The summed E-state index contributed by atoms with van der Waals surface area (Å²) in [6, 6.07) is 8.18. The van der Waals surface area contributed by atoms with Crippen molar-refractivity contribution >= 4 is 17.0 Å². The number of hydrogen-bond acceptors (Lipinski definition) is 4. The van der Waals surface area contributed by atoms with Crippen LogP contribution < -0.4 is 5.73 Å². The van der Waals surface area contributed by atoms with Crippen molar-refractivity contribution in [1.29, 1.82) is 0 Å². The Kier molecular flexibility index (Phi) is 3.97. The molecular weight excluding hydrogens is 278 g/mol. The van der Waals surface area contributed by atoms with E-state index >= 15 is 0 Å². The summed E-state index contributed by atoms with van der Waals surface area (Å²) >= 11 is 1.59. The maximum Gasteiger partial charge on any atom is 0.0838 e. The van der Waals surface area contributed by atoms with Gasteiger partial charge in [-0.15, -0.1) is 11.3 Å². The van der Waals surface area contributed by atoms with Crippen LogP contribution in [0.3, 0.4) is 0 Å². The van der Waals surface area contributed by atoms with Gasteiger partial charge in [-0.1, -0.05) is 19.4 Å². The lowest BCUT2D eigenvalue weighted by Gasteiger charge is -2.16. The van der Waals surface area contributed by atoms with Crippen molar-refractivity contribution in [2.75, 3.05) is 5.73 Å². The van der Waals surface area contributed by atoms with Gasteiger partial charge < -0.3 is 5.73 Å². The van der Waals surface area contributed by atoms with Gasteiger partial charge in [0, 0.05) is 29.0 Å². The zero-order valence-corrected chi connectivity index (χ0v) is 12.7. The molecule has 21 heavy (non-hydrogen) atoms. The number of aromatic nitrogens is 2. The van der Waals surface area contributed by atoms with E-state index in [-0.39, 0.29) is 0 Å². The standard InChI is InChI=1S/C17H17N3S/c1-2-3-12-4-5-14(18)17(15-10-21-11-20-15)16(12)13-6-8-19-9-7-13/h4-11H,2-3,18H2,1H3. The van der Waals surface area contributed by atoms with E-state index in [1.165, 1.54) is 11.1 Å². The Balaban J connectivity index is 2.30. The molecule has 0 atom stereocenters. The maximum absolute atomic E-state index is 6.26. The van der Waals surface area contributed by atoms with E-state index in [4.69, 9.17) is 5.73 Å². The highest BCUT2D eigenvalue weighted by atomic mass is 32.1. The first-order valence-corrected chi connectivity index (χ1v) is 7.96. The fraction of sp³-hybridized carbons (Fsp3) is 0.176. The molecule has 3 nitrogen and oxygen atoms in total. The number of nitrogens with two attached hydrogens (primary N) is 1. The minimum atomic E-state index is 0.771. The van der Waals surface area contributed by atoms with Crippen LogP contribution in [0.1, 0.15) is 18.9 Å². The highest BCUT2D eigenvalue weighted by Crippen LogP contribution is 2.39. The molecule has 0 saturated heterocycles. The van der Waals surface area contributed by atoms with Crippen molar-refractivity contribution in [3.8, 4) is 22.4 Å². The quantitative estimate of drug-likeness (QED) is 0.725. The highest BCUT2D eigenvalue weighted by Gasteiger charge is 2.16. The summed E-state index contributed by atoms with van der Waals surface area (Å²) in [6.45, 7) is 2.19. The average molecular weight is 295 g/mol. The largest absolute Gasteiger partial charge is 0.398 e. The van der Waals surface area contributed by atoms with E-state index in [2.05, 4.69) is 23.0 Å². The van der Waals surface area contributed by atoms with Gasteiger partial charge in [0.2, 0.25) is 0 Å². The van der Waals surface area contributed by atoms with Gasteiger partial charge in [-0.25, -0.2) is 4.98 Å². The number of aryl methyl sites for hydroxylation is 1. The van der Waals surface area contributed by atoms with Crippen molar-refractivity contribution in [3.05, 3.63) is 53.1 Å². The molecule has 0 spiro atoms. The minimum absolute atomic E-state index is 0.771. The van der Waals surface area contributed by atoms with Crippen LogP contribution in [0.2, 0.25) is 0 Å². The molecule has 0 unspecified atom stereocenters. The minimum Gasteiger partial charge on any atom is -0.398 e. The van der Waals surface area contributed by atoms with Crippen molar-refractivity contribution in [1.82, 2.24) is 9.97 Å². The first kappa shape index (κ1) is 13.8. The first-order chi connectivity index (χ1) is 10.3. The number of pyridine rings is 1. The predicted molar refractivity (Wildman–Crippen MR) is 89.2 cm³/mol. The van der Waals surface area contributed by atoms with Crippen molar-refractivity contribution in [3.63, 3.8) is 0 Å². The van der Waals surface area contributed by atoms with E-state index in [1.807, 2.05) is 41.5 Å². The van der Waals surface area contributed by atoms with Crippen LogP contribution in [0.5, 0.6) is 0 Å². The van der Waals surface area contributed by atoms with Gasteiger partial charge in [-0.2, -0.15) is 0 Å². The lowest BCUT2D eigenvalue weighted by Crippen LogP contribution is -1.99. The third kappa shape index (κ3) is 2.67. The smallest absolute Gasteiger partial charge is 0.0838 e. The van der Waals surface area contributed by atoms with Crippen LogP contribution in [-0.4, -0.2) is 9.97 Å².